The van der Waals surface area contributed by atoms with Crippen molar-refractivity contribution >= 4 is 35.0 Å². The quantitative estimate of drug-likeness (QED) is 0.132. The summed E-state index contributed by atoms with van der Waals surface area (Å²) in [7, 11) is 3.16. The molecular formula is C40H41Cl2N3O6. The van der Waals surface area contributed by atoms with Gasteiger partial charge in [-0.1, -0.05) is 65.7 Å². The molecule has 0 aliphatic heterocycles. The van der Waals surface area contributed by atoms with E-state index in [1.807, 2.05) is 36.4 Å². The fraction of sp³-hybridized carbons (Fsp3) is 0.400. The smallest absolute Gasteiger partial charge is 0.309 e. The van der Waals surface area contributed by atoms with Crippen molar-refractivity contribution in [3.05, 3.63) is 86.9 Å². The van der Waals surface area contributed by atoms with Gasteiger partial charge in [0.25, 0.3) is 0 Å². The van der Waals surface area contributed by atoms with Gasteiger partial charge in [-0.3, -0.25) is 9.59 Å². The van der Waals surface area contributed by atoms with E-state index in [1.54, 1.807) is 20.3 Å². The predicted octanol–water partition coefficient (Wildman–Crippen LogP) is 8.46. The van der Waals surface area contributed by atoms with E-state index in [2.05, 4.69) is 22.4 Å². The van der Waals surface area contributed by atoms with Gasteiger partial charge in [0.05, 0.1) is 30.4 Å². The molecule has 0 unspecified atom stereocenters. The molecule has 266 valence electrons. The Bertz CT molecular complexity index is 1980. The minimum Gasteiger partial charge on any atom is -0.481 e. The van der Waals surface area contributed by atoms with Crippen molar-refractivity contribution in [3.63, 3.8) is 0 Å². The van der Waals surface area contributed by atoms with Crippen molar-refractivity contribution in [2.75, 3.05) is 20.8 Å². The Morgan fingerprint density at radius 1 is 0.922 bits per heavy atom. The van der Waals surface area contributed by atoms with E-state index in [9.17, 15) is 14.7 Å². The van der Waals surface area contributed by atoms with Crippen LogP contribution >= 0.6 is 23.2 Å². The van der Waals surface area contributed by atoms with Gasteiger partial charge in [-0.25, -0.2) is 4.98 Å². The number of methoxy groups -OCH3 is 2. The molecule has 11 heteroatoms. The number of nitrogens with one attached hydrogen (secondary N) is 1. The number of aliphatic carboxylic acids is 1. The van der Waals surface area contributed by atoms with Gasteiger partial charge in [-0.2, -0.15) is 4.98 Å². The van der Waals surface area contributed by atoms with E-state index in [1.165, 1.54) is 0 Å². The Labute approximate surface area is 307 Å². The molecule has 2 aromatic heterocycles. The summed E-state index contributed by atoms with van der Waals surface area (Å²) in [6.45, 7) is 1.39. The van der Waals surface area contributed by atoms with Crippen molar-refractivity contribution in [1.82, 2.24) is 15.3 Å². The minimum absolute atomic E-state index is 0.273. The highest BCUT2D eigenvalue weighted by atomic mass is 35.5. The van der Waals surface area contributed by atoms with Crippen LogP contribution < -0.4 is 19.5 Å². The first kappa shape index (κ1) is 35.2. The van der Waals surface area contributed by atoms with Gasteiger partial charge in [0, 0.05) is 41.6 Å². The molecule has 0 saturated heterocycles. The number of pyridine rings is 2. The van der Waals surface area contributed by atoms with Crippen LogP contribution in [0.5, 0.6) is 17.6 Å². The van der Waals surface area contributed by atoms with E-state index in [0.29, 0.717) is 84.3 Å². The zero-order chi connectivity index (χ0) is 35.7. The summed E-state index contributed by atoms with van der Waals surface area (Å²) in [6.07, 6.45) is 5.92. The number of carbonyl (C=O) groups is 2. The third kappa shape index (κ3) is 7.30. The first-order valence-electron chi connectivity index (χ1n) is 17.5. The number of aryl methyl sites for hydroxylation is 1. The number of carboxylic acids is 1. The maximum atomic E-state index is 11.7. The summed E-state index contributed by atoms with van der Waals surface area (Å²) in [5.41, 5.74) is 6.71. The second-order valence-electron chi connectivity index (χ2n) is 13.9. The van der Waals surface area contributed by atoms with Gasteiger partial charge in [0.2, 0.25) is 17.6 Å². The van der Waals surface area contributed by atoms with E-state index in [4.69, 9.17) is 42.4 Å². The first-order chi connectivity index (χ1) is 24.7. The number of hydrogen-bond acceptors (Lipinski definition) is 8. The van der Waals surface area contributed by atoms with E-state index in [-0.39, 0.29) is 12.0 Å². The number of aromatic nitrogens is 2. The molecule has 2 N–H and O–H groups in total. The number of rotatable bonds is 14. The molecule has 4 aromatic rings. The fourth-order valence-corrected chi connectivity index (χ4v) is 8.04. The maximum absolute atomic E-state index is 11.7. The van der Waals surface area contributed by atoms with Crippen LogP contribution in [0.1, 0.15) is 73.3 Å². The average Bonchev–Trinajstić information content (AvgIpc) is 3.66. The van der Waals surface area contributed by atoms with E-state index < -0.39 is 11.4 Å². The number of halogens is 2. The maximum Gasteiger partial charge on any atom is 0.309 e. The van der Waals surface area contributed by atoms with Gasteiger partial charge in [-0.05, 0) is 86.2 Å². The second-order valence-corrected chi connectivity index (χ2v) is 14.6. The van der Waals surface area contributed by atoms with Crippen LogP contribution in [0, 0.1) is 11.3 Å². The second kappa shape index (κ2) is 14.8. The van der Waals surface area contributed by atoms with Gasteiger partial charge >= 0.3 is 5.97 Å². The third-order valence-electron chi connectivity index (χ3n) is 10.6. The number of Topliss-reactive ketones (excluding diaryl/α,β-unsaturated/α-hetero) is 1. The van der Waals surface area contributed by atoms with Gasteiger partial charge in [-0.15, -0.1) is 0 Å². The highest BCUT2D eigenvalue weighted by Gasteiger charge is 2.49. The number of benzene rings is 2. The standard InChI is InChI=1S/C40H41Cl2N3O6/c1-49-36-24(15-16-40(17-18-40)39(47)48)20-32(41)38(45-36)51-34-14-12-28-27(5-3-6-29(28)34)30-7-4-8-31(35(30)42)33-13-10-25(37(44-33)50-2)22-43-21-23-9-11-26(46)19-23/h3-8,10,13,20,23,34,43H,9,11-12,14-19,21-22H2,1-2H3,(H,47,48)/t23-,34+/m1/s1. The predicted molar refractivity (Wildman–Crippen MR) is 196 cm³/mol. The molecular weight excluding hydrogens is 689 g/mol. The molecule has 2 heterocycles. The molecule has 2 saturated carbocycles. The van der Waals surface area contributed by atoms with Crippen LogP contribution in [-0.4, -0.2) is 47.6 Å². The largest absolute Gasteiger partial charge is 0.481 e. The number of carbonyl (C=O) groups excluding carboxylic acids is 1. The van der Waals surface area contributed by atoms with Crippen LogP contribution in [0.3, 0.4) is 0 Å². The molecule has 0 amide bonds. The van der Waals surface area contributed by atoms with Crippen LogP contribution in [0.25, 0.3) is 22.4 Å². The molecule has 0 bridgehead atoms. The Morgan fingerprint density at radius 2 is 1.67 bits per heavy atom. The molecule has 2 atom stereocenters. The van der Waals surface area contributed by atoms with Crippen molar-refractivity contribution in [2.24, 2.45) is 11.3 Å². The van der Waals surface area contributed by atoms with Gasteiger partial charge in [0.1, 0.15) is 16.9 Å². The molecule has 7 rings (SSSR count). The zero-order valence-corrected chi connectivity index (χ0v) is 30.3. The molecule has 0 spiro atoms. The lowest BCUT2D eigenvalue weighted by Gasteiger charge is -2.18. The highest BCUT2D eigenvalue weighted by Crippen LogP contribution is 2.50. The summed E-state index contributed by atoms with van der Waals surface area (Å²) in [6, 6.07) is 17.9. The molecule has 3 aliphatic rings. The Hall–Kier alpha value is -4.18. The lowest BCUT2D eigenvalue weighted by atomic mass is 9.94. The van der Waals surface area contributed by atoms with Gasteiger partial charge in [0.15, 0.2) is 0 Å². The molecule has 2 aromatic carbocycles. The lowest BCUT2D eigenvalue weighted by Crippen LogP contribution is -2.21. The molecule has 0 radical (unpaired) electrons. The topological polar surface area (TPSA) is 120 Å². The van der Waals surface area contributed by atoms with Gasteiger partial charge < -0.3 is 24.6 Å². The molecule has 2 fully saturated rings. The summed E-state index contributed by atoms with van der Waals surface area (Å²) >= 11 is 13.9. The SMILES string of the molecule is COc1nc(-c2cccc(-c3cccc4c3CC[C@@H]4Oc3nc(OC)c(CCC4(C(=O)O)CC4)cc3Cl)c2Cl)ccc1CNC[C@@H]1CCC(=O)C1. The minimum atomic E-state index is -0.752. The van der Waals surface area contributed by atoms with Crippen LogP contribution in [0.15, 0.2) is 54.6 Å². The van der Waals surface area contributed by atoms with E-state index in [0.717, 1.165) is 64.8 Å². The van der Waals surface area contributed by atoms with Crippen molar-refractivity contribution < 1.29 is 28.9 Å². The number of carboxylic acid groups (broad SMARTS) is 1. The Morgan fingerprint density at radius 3 is 2.39 bits per heavy atom. The summed E-state index contributed by atoms with van der Waals surface area (Å²) in [5.74, 6) is 1.20. The number of ether oxygens (including phenoxy) is 3. The fourth-order valence-electron chi connectivity index (χ4n) is 7.50. The lowest BCUT2D eigenvalue weighted by molar-refractivity contribution is -0.143. The number of ketones is 1. The average molecular weight is 731 g/mol. The van der Waals surface area contributed by atoms with Crippen LogP contribution in [0.2, 0.25) is 10.0 Å². The number of fused-ring (bicyclic) bond motifs is 1. The van der Waals surface area contributed by atoms with Crippen LogP contribution in [0.4, 0.5) is 0 Å². The Balaban J connectivity index is 1.09. The molecule has 3 aliphatic carbocycles. The van der Waals surface area contributed by atoms with Crippen molar-refractivity contribution in [3.8, 4) is 40.0 Å². The summed E-state index contributed by atoms with van der Waals surface area (Å²) in [4.78, 5) is 32.8. The van der Waals surface area contributed by atoms with E-state index >= 15 is 0 Å². The number of nitrogens with zero attached hydrogens (tertiary/aromatic N) is 2. The normalized spacial score (nSPS) is 18.8. The van der Waals surface area contributed by atoms with Crippen molar-refractivity contribution in [2.45, 2.75) is 70.4 Å². The number of hydrogen-bond donors (Lipinski definition) is 2. The van der Waals surface area contributed by atoms with Crippen LogP contribution in [-0.2, 0) is 29.0 Å². The molecule has 9 nitrogen and oxygen atoms in total. The Kier molecular flexibility index (Phi) is 10.2. The monoisotopic (exact) mass is 729 g/mol. The third-order valence-corrected chi connectivity index (χ3v) is 11.3. The zero-order valence-electron chi connectivity index (χ0n) is 28.8. The first-order valence-corrected chi connectivity index (χ1v) is 18.3. The highest BCUT2D eigenvalue weighted by molar-refractivity contribution is 6.36. The summed E-state index contributed by atoms with van der Waals surface area (Å²) in [5, 5.41) is 14.0. The van der Waals surface area contributed by atoms with Crippen molar-refractivity contribution in [1.29, 1.82) is 0 Å². The summed E-state index contributed by atoms with van der Waals surface area (Å²) < 4.78 is 17.7. The molecule has 51 heavy (non-hydrogen) atoms.